The van der Waals surface area contributed by atoms with E-state index in [2.05, 4.69) is 4.98 Å². The van der Waals surface area contributed by atoms with E-state index >= 15 is 0 Å². The first-order chi connectivity index (χ1) is 14.1. The Hall–Kier alpha value is -3.80. The van der Waals surface area contributed by atoms with Crippen LogP contribution in [0.1, 0.15) is 21.6 Å². The number of ketones is 1. The third kappa shape index (κ3) is 3.65. The number of benzene rings is 2. The van der Waals surface area contributed by atoms with Gasteiger partial charge in [0.15, 0.2) is 0 Å². The van der Waals surface area contributed by atoms with Crippen LogP contribution in [-0.2, 0) is 6.54 Å². The summed E-state index contributed by atoms with van der Waals surface area (Å²) >= 11 is 0. The lowest BCUT2D eigenvalue weighted by Gasteiger charge is -2.10. The van der Waals surface area contributed by atoms with Gasteiger partial charge in [-0.2, -0.15) is 0 Å². The van der Waals surface area contributed by atoms with Crippen LogP contribution >= 0.6 is 0 Å². The Kier molecular flexibility index (Phi) is 4.91. The van der Waals surface area contributed by atoms with Crippen LogP contribution in [-0.4, -0.2) is 29.6 Å². The van der Waals surface area contributed by atoms with Crippen LogP contribution in [0.25, 0.3) is 10.9 Å². The van der Waals surface area contributed by atoms with E-state index in [4.69, 9.17) is 9.47 Å². The van der Waals surface area contributed by atoms with E-state index in [1.165, 1.54) is 0 Å². The van der Waals surface area contributed by atoms with Crippen LogP contribution in [0.4, 0.5) is 0 Å². The number of H-pyrrole nitrogens is 1. The minimum Gasteiger partial charge on any atom is -0.497 e. The molecule has 0 bridgehead atoms. The lowest BCUT2D eigenvalue weighted by Crippen LogP contribution is -2.18. The predicted octanol–water partition coefficient (Wildman–Crippen LogP) is 3.63. The summed E-state index contributed by atoms with van der Waals surface area (Å²) in [5.74, 6) is 1.26. The second-order valence-electron chi connectivity index (χ2n) is 6.66. The molecule has 0 amide bonds. The maximum Gasteiger partial charge on any atom is 0.253 e. The number of nitrogens with zero attached hydrogens (tertiary/aromatic N) is 1. The number of aromatic nitrogens is 2. The van der Waals surface area contributed by atoms with Gasteiger partial charge in [0.1, 0.15) is 11.5 Å². The van der Waals surface area contributed by atoms with Gasteiger partial charge in [0.05, 0.1) is 32.0 Å². The highest BCUT2D eigenvalue weighted by molar-refractivity contribution is 6.08. The number of ether oxygens (including phenoxy) is 2. The number of nitrogens with one attached hydrogen (secondary N) is 1. The number of rotatable bonds is 6. The first-order valence-electron chi connectivity index (χ1n) is 9.13. The molecule has 2 heterocycles. The zero-order valence-corrected chi connectivity index (χ0v) is 16.1. The van der Waals surface area contributed by atoms with Gasteiger partial charge >= 0.3 is 0 Å². The van der Waals surface area contributed by atoms with Crippen LogP contribution in [0.15, 0.2) is 71.7 Å². The first kappa shape index (κ1) is 18.6. The molecule has 0 unspecified atom stereocenters. The summed E-state index contributed by atoms with van der Waals surface area (Å²) in [6, 6.07) is 17.9. The third-order valence-electron chi connectivity index (χ3n) is 4.89. The molecule has 2 aromatic carbocycles. The lowest BCUT2D eigenvalue weighted by atomic mass is 10.1. The van der Waals surface area contributed by atoms with Crippen molar-refractivity contribution in [3.63, 3.8) is 0 Å². The fourth-order valence-corrected chi connectivity index (χ4v) is 3.30. The van der Waals surface area contributed by atoms with Gasteiger partial charge in [-0.05, 0) is 60.0 Å². The average molecular weight is 388 g/mol. The van der Waals surface area contributed by atoms with E-state index in [1.807, 2.05) is 18.2 Å². The van der Waals surface area contributed by atoms with Crippen molar-refractivity contribution in [3.8, 4) is 11.5 Å². The summed E-state index contributed by atoms with van der Waals surface area (Å²) in [4.78, 5) is 28.4. The summed E-state index contributed by atoms with van der Waals surface area (Å²) in [5, 5.41) is 0.899. The summed E-state index contributed by atoms with van der Waals surface area (Å²) in [7, 11) is 3.17. The molecule has 29 heavy (non-hydrogen) atoms. The number of aromatic amines is 1. The van der Waals surface area contributed by atoms with Crippen LogP contribution in [0.2, 0.25) is 0 Å². The highest BCUT2D eigenvalue weighted by Gasteiger charge is 2.15. The fourth-order valence-electron chi connectivity index (χ4n) is 3.30. The average Bonchev–Trinajstić information content (AvgIpc) is 3.21. The summed E-state index contributed by atoms with van der Waals surface area (Å²) in [6.07, 6.45) is 1.80. The molecule has 0 aliphatic rings. The quantitative estimate of drug-likeness (QED) is 0.512. The Bertz CT molecular complexity index is 1240. The van der Waals surface area contributed by atoms with Crippen molar-refractivity contribution in [1.82, 2.24) is 9.55 Å². The van der Waals surface area contributed by atoms with Crippen molar-refractivity contribution < 1.29 is 14.3 Å². The molecule has 0 spiro atoms. The summed E-state index contributed by atoms with van der Waals surface area (Å²) in [6.45, 7) is 0.293. The van der Waals surface area contributed by atoms with Gasteiger partial charge < -0.3 is 19.0 Å². The highest BCUT2D eigenvalue weighted by Crippen LogP contribution is 2.20. The number of hydrogen-bond donors (Lipinski definition) is 1. The molecule has 4 rings (SSSR count). The molecule has 0 fully saturated rings. The topological polar surface area (TPSA) is 73.3 Å². The van der Waals surface area contributed by atoms with Gasteiger partial charge in [-0.25, -0.2) is 0 Å². The molecule has 4 aromatic rings. The van der Waals surface area contributed by atoms with Crippen molar-refractivity contribution in [2.75, 3.05) is 14.2 Å². The number of fused-ring (bicyclic) bond motifs is 1. The molecule has 0 atom stereocenters. The number of hydrogen-bond acceptors (Lipinski definition) is 4. The number of pyridine rings is 1. The molecule has 2 aromatic heterocycles. The molecule has 0 saturated carbocycles. The van der Waals surface area contributed by atoms with Gasteiger partial charge in [-0.3, -0.25) is 9.59 Å². The van der Waals surface area contributed by atoms with E-state index in [-0.39, 0.29) is 11.3 Å². The molecule has 146 valence electrons. The van der Waals surface area contributed by atoms with Gasteiger partial charge in [-0.15, -0.1) is 0 Å². The van der Waals surface area contributed by atoms with Crippen LogP contribution in [0.3, 0.4) is 0 Å². The monoisotopic (exact) mass is 388 g/mol. The van der Waals surface area contributed by atoms with E-state index in [9.17, 15) is 9.59 Å². The zero-order chi connectivity index (χ0) is 20.4. The van der Waals surface area contributed by atoms with Crippen LogP contribution < -0.4 is 15.0 Å². The van der Waals surface area contributed by atoms with Gasteiger partial charge in [0.25, 0.3) is 5.56 Å². The fraction of sp³-hybridized carbons (Fsp3) is 0.130. The van der Waals surface area contributed by atoms with E-state index in [1.54, 1.807) is 67.4 Å². The summed E-state index contributed by atoms with van der Waals surface area (Å²) in [5.41, 5.74) is 2.17. The van der Waals surface area contributed by atoms with Crippen LogP contribution in [0, 0.1) is 0 Å². The first-order valence-corrected chi connectivity index (χ1v) is 9.13. The SMILES string of the molecule is COc1ccc(C(=O)c2cccn2Cc2cc3ccc(OC)cc3[nH]c2=O)cc1. The Morgan fingerprint density at radius 1 is 0.966 bits per heavy atom. The largest absolute Gasteiger partial charge is 0.497 e. The zero-order valence-electron chi connectivity index (χ0n) is 16.1. The molecule has 6 heteroatoms. The Morgan fingerprint density at radius 3 is 2.41 bits per heavy atom. The van der Waals surface area contributed by atoms with E-state index in [0.717, 1.165) is 5.39 Å². The molecule has 0 radical (unpaired) electrons. The number of carbonyl (C=O) groups excluding carboxylic acids is 1. The normalized spacial score (nSPS) is 10.8. The van der Waals surface area contributed by atoms with Gasteiger partial charge in [-0.1, -0.05) is 0 Å². The van der Waals surface area contributed by atoms with Crippen LogP contribution in [0.5, 0.6) is 11.5 Å². The van der Waals surface area contributed by atoms with Crippen molar-refractivity contribution in [2.45, 2.75) is 6.54 Å². The minimum absolute atomic E-state index is 0.111. The molecule has 1 N–H and O–H groups in total. The lowest BCUT2D eigenvalue weighted by molar-refractivity contribution is 0.103. The number of carbonyl (C=O) groups is 1. The predicted molar refractivity (Wildman–Crippen MR) is 111 cm³/mol. The minimum atomic E-state index is -0.192. The van der Waals surface area contributed by atoms with E-state index < -0.39 is 0 Å². The molecular formula is C23H20N2O4. The van der Waals surface area contributed by atoms with E-state index in [0.29, 0.717) is 40.4 Å². The smallest absolute Gasteiger partial charge is 0.253 e. The van der Waals surface area contributed by atoms with Gasteiger partial charge in [0, 0.05) is 23.4 Å². The van der Waals surface area contributed by atoms with Crippen molar-refractivity contribution in [2.24, 2.45) is 0 Å². The van der Waals surface area contributed by atoms with Crippen molar-refractivity contribution in [3.05, 3.63) is 94.0 Å². The third-order valence-corrected chi connectivity index (χ3v) is 4.89. The molecular weight excluding hydrogens is 368 g/mol. The highest BCUT2D eigenvalue weighted by atomic mass is 16.5. The standard InChI is InChI=1S/C23H20N2O4/c1-28-18-8-5-15(6-9-18)22(26)21-4-3-11-25(21)14-17-12-16-7-10-19(29-2)13-20(16)24-23(17)27/h3-13H,14H2,1-2H3,(H,24,27). The molecule has 0 saturated heterocycles. The maximum absolute atomic E-state index is 12.9. The number of methoxy groups -OCH3 is 2. The molecule has 0 aliphatic carbocycles. The Labute approximate surface area is 167 Å². The molecule has 6 nitrogen and oxygen atoms in total. The van der Waals surface area contributed by atoms with Gasteiger partial charge in [0.2, 0.25) is 5.78 Å². The molecule has 0 aliphatic heterocycles. The second-order valence-corrected chi connectivity index (χ2v) is 6.66. The van der Waals surface area contributed by atoms with Crippen molar-refractivity contribution >= 4 is 16.7 Å². The second kappa shape index (κ2) is 7.67. The maximum atomic E-state index is 12.9. The van der Waals surface area contributed by atoms with Crippen molar-refractivity contribution in [1.29, 1.82) is 0 Å². The summed E-state index contributed by atoms with van der Waals surface area (Å²) < 4.78 is 12.1. The Balaban J connectivity index is 1.65. The Morgan fingerprint density at radius 2 is 1.69 bits per heavy atom.